The highest BCUT2D eigenvalue weighted by atomic mass is 32.2. The van der Waals surface area contributed by atoms with Crippen LogP contribution in [0.2, 0.25) is 0 Å². The molecule has 2 saturated heterocycles. The number of carbonyl (C=O) groups is 2. The molecule has 0 radical (unpaired) electrons. The number of nitrogens with zero attached hydrogens (tertiary/aromatic N) is 3. The van der Waals surface area contributed by atoms with E-state index in [-0.39, 0.29) is 25.6 Å². The van der Waals surface area contributed by atoms with E-state index in [1.165, 1.54) is 4.31 Å². The molecule has 2 heterocycles. The molecule has 3 rings (SSSR count). The fourth-order valence-electron chi connectivity index (χ4n) is 3.38. The monoisotopic (exact) mass is 409 g/mol. The average molecular weight is 410 g/mol. The number of imide groups is 1. The SMILES string of the molecule is CC[C@H](C)c1ccc(S(=O)(=O)N2CCN(CC(=O)N3CCOC3=O)CC2)cc1. The summed E-state index contributed by atoms with van der Waals surface area (Å²) in [6.07, 6.45) is 0.397. The van der Waals surface area contributed by atoms with Crippen LogP contribution in [0.4, 0.5) is 4.79 Å². The largest absolute Gasteiger partial charge is 0.447 e. The number of sulfonamides is 1. The van der Waals surface area contributed by atoms with Crippen molar-refractivity contribution in [1.29, 1.82) is 0 Å². The first-order chi connectivity index (χ1) is 13.3. The first kappa shape index (κ1) is 20.8. The van der Waals surface area contributed by atoms with Crippen LogP contribution in [0.1, 0.15) is 31.7 Å². The first-order valence-corrected chi connectivity index (χ1v) is 11.1. The lowest BCUT2D eigenvalue weighted by molar-refractivity contribution is -0.129. The molecular formula is C19H27N3O5S. The molecule has 28 heavy (non-hydrogen) atoms. The highest BCUT2D eigenvalue weighted by Gasteiger charge is 2.32. The summed E-state index contributed by atoms with van der Waals surface area (Å²) in [5.41, 5.74) is 1.13. The molecule has 1 aromatic rings. The van der Waals surface area contributed by atoms with Gasteiger partial charge in [-0.1, -0.05) is 26.0 Å². The summed E-state index contributed by atoms with van der Waals surface area (Å²) in [6, 6.07) is 7.10. The molecule has 0 unspecified atom stereocenters. The van der Waals surface area contributed by atoms with Crippen molar-refractivity contribution in [3.8, 4) is 0 Å². The summed E-state index contributed by atoms with van der Waals surface area (Å²) in [5.74, 6) is 0.0881. The Morgan fingerprint density at radius 3 is 2.29 bits per heavy atom. The van der Waals surface area contributed by atoms with Gasteiger partial charge >= 0.3 is 6.09 Å². The quantitative estimate of drug-likeness (QED) is 0.707. The summed E-state index contributed by atoms with van der Waals surface area (Å²) < 4.78 is 32.0. The Balaban J connectivity index is 1.57. The Labute approximate surface area is 166 Å². The number of benzene rings is 1. The molecule has 0 spiro atoms. The second kappa shape index (κ2) is 8.59. The van der Waals surface area contributed by atoms with E-state index in [1.807, 2.05) is 17.0 Å². The third-order valence-electron chi connectivity index (χ3n) is 5.45. The normalized spacial score (nSPS) is 20.2. The molecule has 2 fully saturated rings. The molecule has 2 aliphatic heterocycles. The van der Waals surface area contributed by atoms with Crippen molar-refractivity contribution in [2.75, 3.05) is 45.9 Å². The third-order valence-corrected chi connectivity index (χ3v) is 7.36. The maximum atomic E-state index is 12.9. The maximum absolute atomic E-state index is 12.9. The highest BCUT2D eigenvalue weighted by molar-refractivity contribution is 7.89. The number of hydrogen-bond acceptors (Lipinski definition) is 6. The summed E-state index contributed by atoms with van der Waals surface area (Å²) in [5, 5.41) is 0. The Morgan fingerprint density at radius 1 is 1.11 bits per heavy atom. The van der Waals surface area contributed by atoms with Crippen LogP contribution in [0.3, 0.4) is 0 Å². The number of rotatable bonds is 6. The summed E-state index contributed by atoms with van der Waals surface area (Å²) in [7, 11) is -3.55. The van der Waals surface area contributed by atoms with E-state index in [4.69, 9.17) is 4.74 Å². The second-order valence-electron chi connectivity index (χ2n) is 7.22. The predicted molar refractivity (Wildman–Crippen MR) is 103 cm³/mol. The van der Waals surface area contributed by atoms with Gasteiger partial charge in [-0.25, -0.2) is 18.1 Å². The van der Waals surface area contributed by atoms with Crippen LogP contribution in [0, 0.1) is 0 Å². The van der Waals surface area contributed by atoms with E-state index in [0.29, 0.717) is 37.0 Å². The van der Waals surface area contributed by atoms with E-state index >= 15 is 0 Å². The molecule has 1 atom stereocenters. The van der Waals surface area contributed by atoms with Gasteiger partial charge in [-0.15, -0.1) is 0 Å². The van der Waals surface area contributed by atoms with E-state index in [1.54, 1.807) is 12.1 Å². The smallest absolute Gasteiger partial charge is 0.416 e. The lowest BCUT2D eigenvalue weighted by Gasteiger charge is -2.33. The Hall–Kier alpha value is -1.97. The fourth-order valence-corrected chi connectivity index (χ4v) is 4.80. The molecule has 0 bridgehead atoms. The predicted octanol–water partition coefficient (Wildman–Crippen LogP) is 1.49. The van der Waals surface area contributed by atoms with Gasteiger partial charge in [0.2, 0.25) is 15.9 Å². The zero-order chi connectivity index (χ0) is 20.3. The number of ether oxygens (including phenoxy) is 1. The topological polar surface area (TPSA) is 87.2 Å². The van der Waals surface area contributed by atoms with Crippen LogP contribution in [-0.4, -0.2) is 80.4 Å². The van der Waals surface area contributed by atoms with Gasteiger partial charge in [-0.05, 0) is 30.0 Å². The van der Waals surface area contributed by atoms with Crippen LogP contribution in [0.5, 0.6) is 0 Å². The maximum Gasteiger partial charge on any atom is 0.416 e. The molecule has 8 nitrogen and oxygen atoms in total. The Morgan fingerprint density at radius 2 is 1.75 bits per heavy atom. The van der Waals surface area contributed by atoms with Gasteiger partial charge in [0.25, 0.3) is 0 Å². The lowest BCUT2D eigenvalue weighted by atomic mass is 9.99. The average Bonchev–Trinajstić information content (AvgIpc) is 3.14. The van der Waals surface area contributed by atoms with Crippen LogP contribution in [0.25, 0.3) is 0 Å². The first-order valence-electron chi connectivity index (χ1n) is 9.62. The van der Waals surface area contributed by atoms with Crippen molar-refractivity contribution < 1.29 is 22.7 Å². The fraction of sp³-hybridized carbons (Fsp3) is 0.579. The van der Waals surface area contributed by atoms with Crippen LogP contribution in [-0.2, 0) is 19.6 Å². The molecule has 2 amide bonds. The molecule has 2 aliphatic rings. The minimum atomic E-state index is -3.55. The zero-order valence-corrected chi connectivity index (χ0v) is 17.2. The molecule has 1 aromatic carbocycles. The minimum Gasteiger partial charge on any atom is -0.447 e. The molecule has 0 N–H and O–H groups in total. The summed E-state index contributed by atoms with van der Waals surface area (Å²) >= 11 is 0. The Kier molecular flexibility index (Phi) is 6.36. The summed E-state index contributed by atoms with van der Waals surface area (Å²) in [4.78, 5) is 26.9. The molecule has 9 heteroatoms. The molecule has 0 aliphatic carbocycles. The van der Waals surface area contributed by atoms with Crippen LogP contribution in [0.15, 0.2) is 29.2 Å². The van der Waals surface area contributed by atoms with Gasteiger partial charge < -0.3 is 4.74 Å². The highest BCUT2D eigenvalue weighted by Crippen LogP contribution is 2.23. The van der Waals surface area contributed by atoms with Crippen molar-refractivity contribution in [3.63, 3.8) is 0 Å². The number of hydrogen-bond donors (Lipinski definition) is 0. The second-order valence-corrected chi connectivity index (χ2v) is 9.16. The van der Waals surface area contributed by atoms with E-state index < -0.39 is 16.1 Å². The van der Waals surface area contributed by atoms with Crippen molar-refractivity contribution in [1.82, 2.24) is 14.1 Å². The lowest BCUT2D eigenvalue weighted by Crippen LogP contribution is -2.51. The summed E-state index contributed by atoms with van der Waals surface area (Å²) in [6.45, 7) is 6.33. The van der Waals surface area contributed by atoms with Gasteiger partial charge in [0, 0.05) is 26.2 Å². The molecule has 0 aromatic heterocycles. The van der Waals surface area contributed by atoms with Gasteiger partial charge in [0.15, 0.2) is 0 Å². The van der Waals surface area contributed by atoms with Gasteiger partial charge in [0.1, 0.15) is 6.61 Å². The number of amides is 2. The van der Waals surface area contributed by atoms with Gasteiger partial charge in [-0.2, -0.15) is 4.31 Å². The van der Waals surface area contributed by atoms with Crippen molar-refractivity contribution in [2.45, 2.75) is 31.1 Å². The number of cyclic esters (lactones) is 1. The van der Waals surface area contributed by atoms with Crippen LogP contribution < -0.4 is 0 Å². The van der Waals surface area contributed by atoms with E-state index in [0.717, 1.165) is 16.9 Å². The van der Waals surface area contributed by atoms with Crippen LogP contribution >= 0.6 is 0 Å². The number of carbonyl (C=O) groups excluding carboxylic acids is 2. The van der Waals surface area contributed by atoms with Crippen molar-refractivity contribution in [2.24, 2.45) is 0 Å². The zero-order valence-electron chi connectivity index (χ0n) is 16.3. The molecule has 0 saturated carbocycles. The van der Waals surface area contributed by atoms with Crippen molar-refractivity contribution in [3.05, 3.63) is 29.8 Å². The Bertz CT molecular complexity index is 816. The van der Waals surface area contributed by atoms with Gasteiger partial charge in [0.05, 0.1) is 18.0 Å². The minimum absolute atomic E-state index is 0.0899. The third kappa shape index (κ3) is 4.37. The van der Waals surface area contributed by atoms with E-state index in [9.17, 15) is 18.0 Å². The standard InChI is InChI=1S/C19H27N3O5S/c1-3-15(2)16-4-6-17(7-5-16)28(25,26)21-10-8-20(9-11-21)14-18(23)22-12-13-27-19(22)24/h4-7,15H,3,8-14H2,1-2H3/t15-/m0/s1. The number of piperazine rings is 1. The van der Waals surface area contributed by atoms with Crippen molar-refractivity contribution >= 4 is 22.0 Å². The molecular weight excluding hydrogens is 382 g/mol. The van der Waals surface area contributed by atoms with Gasteiger partial charge in [-0.3, -0.25) is 9.69 Å². The molecule has 154 valence electrons. The van der Waals surface area contributed by atoms with E-state index in [2.05, 4.69) is 13.8 Å².